The molecule has 144 valence electrons. The van der Waals surface area contributed by atoms with Gasteiger partial charge in [-0.2, -0.15) is 0 Å². The van der Waals surface area contributed by atoms with Gasteiger partial charge in [-0.15, -0.1) is 0 Å². The van der Waals surface area contributed by atoms with Crippen molar-refractivity contribution in [3.8, 4) is 0 Å². The summed E-state index contributed by atoms with van der Waals surface area (Å²) >= 11 is 0. The topological polar surface area (TPSA) is 48.8 Å². The highest BCUT2D eigenvalue weighted by Crippen LogP contribution is 2.48. The van der Waals surface area contributed by atoms with E-state index in [9.17, 15) is 0 Å². The number of likely N-dealkylation sites (tertiary alicyclic amines) is 1. The molecule has 0 spiro atoms. The van der Waals surface area contributed by atoms with E-state index in [0.29, 0.717) is 6.04 Å². The monoisotopic (exact) mass is 361 g/mol. The van der Waals surface area contributed by atoms with Crippen LogP contribution in [0.5, 0.6) is 0 Å². The summed E-state index contributed by atoms with van der Waals surface area (Å²) in [4.78, 5) is 7.30. The SMILES string of the molecule is COCCn1ccnc1CN1CCC[C@@]2(C3=CCOCC3)COCC[C@H]12. The first-order chi connectivity index (χ1) is 12.8. The van der Waals surface area contributed by atoms with Gasteiger partial charge in [0.15, 0.2) is 0 Å². The van der Waals surface area contributed by atoms with Crippen molar-refractivity contribution in [2.75, 3.05) is 46.7 Å². The molecule has 0 radical (unpaired) electrons. The van der Waals surface area contributed by atoms with Crippen LogP contribution in [0.15, 0.2) is 24.0 Å². The fraction of sp³-hybridized carbons (Fsp3) is 0.750. The van der Waals surface area contributed by atoms with Crippen molar-refractivity contribution < 1.29 is 14.2 Å². The van der Waals surface area contributed by atoms with Crippen molar-refractivity contribution in [1.82, 2.24) is 14.5 Å². The maximum absolute atomic E-state index is 6.01. The Bertz CT molecular complexity index is 626. The van der Waals surface area contributed by atoms with E-state index in [-0.39, 0.29) is 5.41 Å². The Hall–Kier alpha value is -1.21. The largest absolute Gasteiger partial charge is 0.383 e. The van der Waals surface area contributed by atoms with Gasteiger partial charge in [0.2, 0.25) is 0 Å². The van der Waals surface area contributed by atoms with E-state index in [1.807, 2.05) is 6.20 Å². The highest BCUT2D eigenvalue weighted by atomic mass is 16.5. The lowest BCUT2D eigenvalue weighted by atomic mass is 9.65. The summed E-state index contributed by atoms with van der Waals surface area (Å²) in [7, 11) is 1.75. The molecule has 6 nitrogen and oxygen atoms in total. The van der Waals surface area contributed by atoms with Crippen molar-refractivity contribution in [3.63, 3.8) is 0 Å². The summed E-state index contributed by atoms with van der Waals surface area (Å²) in [5, 5.41) is 0. The number of hydrogen-bond donors (Lipinski definition) is 0. The molecule has 26 heavy (non-hydrogen) atoms. The maximum atomic E-state index is 6.01. The Kier molecular flexibility index (Phi) is 5.74. The van der Waals surface area contributed by atoms with Gasteiger partial charge < -0.3 is 18.8 Å². The zero-order valence-electron chi connectivity index (χ0n) is 15.9. The third-order valence-corrected chi connectivity index (χ3v) is 6.33. The van der Waals surface area contributed by atoms with Crippen molar-refractivity contribution in [2.45, 2.75) is 44.8 Å². The van der Waals surface area contributed by atoms with Crippen molar-refractivity contribution in [2.24, 2.45) is 5.41 Å². The molecule has 2 saturated heterocycles. The Labute approximate surface area is 156 Å². The summed E-state index contributed by atoms with van der Waals surface area (Å²) < 4.78 is 19.1. The molecule has 2 fully saturated rings. The highest BCUT2D eigenvalue weighted by Gasteiger charge is 2.49. The first-order valence-electron chi connectivity index (χ1n) is 9.91. The van der Waals surface area contributed by atoms with Crippen LogP contribution in [-0.4, -0.2) is 67.2 Å². The third kappa shape index (κ3) is 3.48. The predicted octanol–water partition coefficient (Wildman–Crippen LogP) is 2.25. The normalized spacial score (nSPS) is 30.0. The van der Waals surface area contributed by atoms with Crippen LogP contribution >= 0.6 is 0 Å². The molecule has 1 aromatic heterocycles. The number of nitrogens with zero attached hydrogens (tertiary/aromatic N) is 3. The number of ether oxygens (including phenoxy) is 3. The van der Waals surface area contributed by atoms with Gasteiger partial charge in [-0.1, -0.05) is 11.6 Å². The van der Waals surface area contributed by atoms with E-state index in [0.717, 1.165) is 71.3 Å². The van der Waals surface area contributed by atoms with Crippen LogP contribution in [0.25, 0.3) is 0 Å². The Morgan fingerprint density at radius 2 is 2.31 bits per heavy atom. The first-order valence-corrected chi connectivity index (χ1v) is 9.91. The average molecular weight is 361 g/mol. The lowest BCUT2D eigenvalue weighted by Gasteiger charge is -2.54. The number of aromatic nitrogens is 2. The smallest absolute Gasteiger partial charge is 0.122 e. The molecule has 3 aliphatic heterocycles. The Morgan fingerprint density at radius 1 is 1.35 bits per heavy atom. The lowest BCUT2D eigenvalue weighted by molar-refractivity contribution is -0.0882. The number of rotatable bonds is 6. The number of hydrogen-bond acceptors (Lipinski definition) is 5. The van der Waals surface area contributed by atoms with Crippen LogP contribution in [0.1, 0.15) is 31.5 Å². The van der Waals surface area contributed by atoms with Crippen LogP contribution in [0.4, 0.5) is 0 Å². The molecule has 6 heteroatoms. The molecule has 1 aromatic rings. The minimum absolute atomic E-state index is 0.171. The van der Waals surface area contributed by atoms with Gasteiger partial charge in [0.05, 0.1) is 33.0 Å². The molecule has 4 rings (SSSR count). The minimum atomic E-state index is 0.171. The summed E-state index contributed by atoms with van der Waals surface area (Å²) in [6.07, 6.45) is 10.9. The van der Waals surface area contributed by atoms with Crippen molar-refractivity contribution >= 4 is 0 Å². The van der Waals surface area contributed by atoms with Gasteiger partial charge in [-0.3, -0.25) is 4.90 Å². The van der Waals surface area contributed by atoms with Crippen molar-refractivity contribution in [1.29, 1.82) is 0 Å². The zero-order valence-corrected chi connectivity index (χ0v) is 15.9. The van der Waals surface area contributed by atoms with Gasteiger partial charge in [-0.25, -0.2) is 4.98 Å². The number of fused-ring (bicyclic) bond motifs is 1. The van der Waals surface area contributed by atoms with Crippen LogP contribution in [0, 0.1) is 5.41 Å². The van der Waals surface area contributed by atoms with Gasteiger partial charge >= 0.3 is 0 Å². The zero-order chi connectivity index (χ0) is 17.8. The summed E-state index contributed by atoms with van der Waals surface area (Å²) in [6.45, 7) is 6.97. The van der Waals surface area contributed by atoms with Crippen LogP contribution in [0.2, 0.25) is 0 Å². The van der Waals surface area contributed by atoms with Crippen LogP contribution in [-0.2, 0) is 27.3 Å². The second kappa shape index (κ2) is 8.21. The Balaban J connectivity index is 1.55. The molecule has 0 aliphatic carbocycles. The quantitative estimate of drug-likeness (QED) is 0.728. The van der Waals surface area contributed by atoms with Gasteiger partial charge in [0.25, 0.3) is 0 Å². The molecule has 0 unspecified atom stereocenters. The molecule has 0 N–H and O–H groups in total. The fourth-order valence-corrected chi connectivity index (χ4v) is 5.05. The second-order valence-electron chi connectivity index (χ2n) is 7.67. The molecule has 2 atom stereocenters. The highest BCUT2D eigenvalue weighted by molar-refractivity contribution is 5.23. The maximum Gasteiger partial charge on any atom is 0.122 e. The standard InChI is InChI=1S/C20H31N3O3/c1-24-14-10-22-9-7-21-19(22)15-23-8-2-6-20(16-26-13-5-18(20)23)17-3-11-25-12-4-17/h3,7,9,18H,2,4-6,8,10-16H2,1H3/t18-,20-/m0/s1. The molecule has 0 bridgehead atoms. The molecule has 0 saturated carbocycles. The van der Waals surface area contributed by atoms with E-state index >= 15 is 0 Å². The van der Waals surface area contributed by atoms with E-state index in [1.54, 1.807) is 12.7 Å². The molecular formula is C20H31N3O3. The van der Waals surface area contributed by atoms with Crippen LogP contribution in [0.3, 0.4) is 0 Å². The van der Waals surface area contributed by atoms with Gasteiger partial charge in [-0.05, 0) is 32.2 Å². The molecule has 3 aliphatic rings. The first kappa shape index (κ1) is 18.2. The lowest BCUT2D eigenvalue weighted by Crippen LogP contribution is -2.58. The summed E-state index contributed by atoms with van der Waals surface area (Å²) in [5.41, 5.74) is 1.74. The number of imidazole rings is 1. The summed E-state index contributed by atoms with van der Waals surface area (Å²) in [5.74, 6) is 1.14. The summed E-state index contributed by atoms with van der Waals surface area (Å²) in [6, 6.07) is 0.543. The van der Waals surface area contributed by atoms with Gasteiger partial charge in [0, 0.05) is 44.1 Å². The number of methoxy groups -OCH3 is 1. The minimum Gasteiger partial charge on any atom is -0.383 e. The predicted molar refractivity (Wildman–Crippen MR) is 98.9 cm³/mol. The van der Waals surface area contributed by atoms with Crippen molar-refractivity contribution in [3.05, 3.63) is 29.9 Å². The van der Waals surface area contributed by atoms with E-state index in [4.69, 9.17) is 14.2 Å². The van der Waals surface area contributed by atoms with Crippen LogP contribution < -0.4 is 0 Å². The Morgan fingerprint density at radius 3 is 3.15 bits per heavy atom. The number of piperidine rings is 1. The van der Waals surface area contributed by atoms with E-state index in [1.165, 1.54) is 12.8 Å². The fourth-order valence-electron chi connectivity index (χ4n) is 5.05. The van der Waals surface area contributed by atoms with E-state index in [2.05, 4.69) is 26.7 Å². The van der Waals surface area contributed by atoms with Gasteiger partial charge in [0.1, 0.15) is 5.82 Å². The van der Waals surface area contributed by atoms with E-state index < -0.39 is 0 Å². The molecule has 0 aromatic carbocycles. The average Bonchev–Trinajstić information content (AvgIpc) is 3.14. The molecule has 0 amide bonds. The second-order valence-corrected chi connectivity index (χ2v) is 7.67. The molecule has 4 heterocycles. The third-order valence-electron chi connectivity index (χ3n) is 6.33. The molecular weight excluding hydrogens is 330 g/mol.